The molecule has 0 N–H and O–H groups in total. The Balaban J connectivity index is 1.45. The molecule has 7 heteroatoms. The molecule has 1 saturated heterocycles. The summed E-state index contributed by atoms with van der Waals surface area (Å²) in [5.41, 5.74) is 0.946. The molecule has 4 rings (SSSR count). The third-order valence-corrected chi connectivity index (χ3v) is 4.87. The van der Waals surface area contributed by atoms with Gasteiger partial charge in [-0.2, -0.15) is 0 Å². The molecule has 1 aliphatic rings. The standard InChI is InChI=1S/C18H20ClN5O/c1-23-12-21-22-18(23)14-5-3-7-24(10-14)11-17-20-9-16(25-17)13-4-2-6-15(19)8-13/h2,4,6,8-9,12,14H,3,5,7,10-11H2,1H3. The van der Waals surface area contributed by atoms with Crippen molar-refractivity contribution in [3.8, 4) is 11.3 Å². The highest BCUT2D eigenvalue weighted by Gasteiger charge is 2.25. The van der Waals surface area contributed by atoms with E-state index in [0.29, 0.717) is 17.5 Å². The first-order valence-corrected chi connectivity index (χ1v) is 8.84. The van der Waals surface area contributed by atoms with E-state index in [2.05, 4.69) is 20.1 Å². The molecule has 1 fully saturated rings. The van der Waals surface area contributed by atoms with Gasteiger partial charge >= 0.3 is 0 Å². The fourth-order valence-electron chi connectivity index (χ4n) is 3.42. The summed E-state index contributed by atoms with van der Waals surface area (Å²) in [7, 11) is 2.00. The minimum atomic E-state index is 0.406. The van der Waals surface area contributed by atoms with Crippen LogP contribution in [0.25, 0.3) is 11.3 Å². The van der Waals surface area contributed by atoms with Gasteiger partial charge in [0.1, 0.15) is 12.2 Å². The van der Waals surface area contributed by atoms with Crippen LogP contribution in [-0.4, -0.2) is 37.7 Å². The third kappa shape index (κ3) is 3.60. The van der Waals surface area contributed by atoms with Crippen molar-refractivity contribution < 1.29 is 4.42 Å². The second kappa shape index (κ2) is 6.98. The highest BCUT2D eigenvalue weighted by Crippen LogP contribution is 2.27. The van der Waals surface area contributed by atoms with Crippen molar-refractivity contribution in [1.29, 1.82) is 0 Å². The molecule has 2 aromatic heterocycles. The number of hydrogen-bond donors (Lipinski definition) is 0. The van der Waals surface area contributed by atoms with Crippen molar-refractivity contribution in [2.75, 3.05) is 13.1 Å². The van der Waals surface area contributed by atoms with Crippen LogP contribution in [0.5, 0.6) is 0 Å². The molecule has 25 heavy (non-hydrogen) atoms. The Morgan fingerprint density at radius 2 is 2.28 bits per heavy atom. The molecule has 6 nitrogen and oxygen atoms in total. The highest BCUT2D eigenvalue weighted by molar-refractivity contribution is 6.30. The fraction of sp³-hybridized carbons (Fsp3) is 0.389. The first kappa shape index (κ1) is 16.3. The van der Waals surface area contributed by atoms with Crippen LogP contribution in [0.4, 0.5) is 0 Å². The summed E-state index contributed by atoms with van der Waals surface area (Å²) >= 11 is 6.05. The van der Waals surface area contributed by atoms with Crippen LogP contribution >= 0.6 is 11.6 Å². The fourth-order valence-corrected chi connectivity index (χ4v) is 3.61. The molecule has 0 aliphatic carbocycles. The van der Waals surface area contributed by atoms with Gasteiger partial charge in [-0.15, -0.1) is 10.2 Å². The zero-order valence-electron chi connectivity index (χ0n) is 14.1. The monoisotopic (exact) mass is 357 g/mol. The molecule has 0 spiro atoms. The van der Waals surface area contributed by atoms with E-state index in [1.165, 1.54) is 0 Å². The summed E-state index contributed by atoms with van der Waals surface area (Å²) < 4.78 is 7.94. The van der Waals surface area contributed by atoms with E-state index in [1.54, 1.807) is 12.5 Å². The lowest BCUT2D eigenvalue weighted by atomic mass is 9.97. The Kier molecular flexibility index (Phi) is 4.55. The second-order valence-corrected chi connectivity index (χ2v) is 6.94. The van der Waals surface area contributed by atoms with Crippen LogP contribution in [0.3, 0.4) is 0 Å². The summed E-state index contributed by atoms with van der Waals surface area (Å²) in [4.78, 5) is 6.81. The molecule has 1 aromatic carbocycles. The van der Waals surface area contributed by atoms with Gasteiger partial charge in [0.05, 0.1) is 12.7 Å². The Morgan fingerprint density at radius 3 is 3.08 bits per heavy atom. The van der Waals surface area contributed by atoms with Gasteiger partial charge < -0.3 is 8.98 Å². The summed E-state index contributed by atoms with van der Waals surface area (Å²) in [5, 5.41) is 8.96. The Hall–Kier alpha value is -2.18. The number of halogens is 1. The lowest BCUT2D eigenvalue weighted by Crippen LogP contribution is -2.34. The van der Waals surface area contributed by atoms with Crippen LogP contribution in [0.15, 0.2) is 41.2 Å². The smallest absolute Gasteiger partial charge is 0.209 e. The molecule has 1 atom stereocenters. The Labute approximate surface area is 151 Å². The average molecular weight is 358 g/mol. The number of oxazole rings is 1. The van der Waals surface area contributed by atoms with Crippen LogP contribution in [0.2, 0.25) is 5.02 Å². The topological polar surface area (TPSA) is 60.0 Å². The van der Waals surface area contributed by atoms with Crippen molar-refractivity contribution in [2.24, 2.45) is 7.05 Å². The van der Waals surface area contributed by atoms with Gasteiger partial charge in [-0.3, -0.25) is 4.90 Å². The number of aryl methyl sites for hydroxylation is 1. The maximum atomic E-state index is 6.05. The average Bonchev–Trinajstić information content (AvgIpc) is 3.24. The van der Waals surface area contributed by atoms with Gasteiger partial charge in [-0.1, -0.05) is 23.7 Å². The third-order valence-electron chi connectivity index (χ3n) is 4.64. The lowest BCUT2D eigenvalue weighted by Gasteiger charge is -2.31. The first-order valence-electron chi connectivity index (χ1n) is 8.46. The summed E-state index contributed by atoms with van der Waals surface area (Å²) in [6.45, 7) is 2.69. The van der Waals surface area contributed by atoms with E-state index in [9.17, 15) is 0 Å². The molecule has 0 bridgehead atoms. The van der Waals surface area contributed by atoms with Gasteiger partial charge in [0, 0.05) is 30.1 Å². The van der Waals surface area contributed by atoms with Gasteiger partial charge in [-0.05, 0) is 31.5 Å². The van der Waals surface area contributed by atoms with Gasteiger partial charge in [-0.25, -0.2) is 4.98 Å². The Bertz CT molecular complexity index is 859. The molecule has 0 saturated carbocycles. The van der Waals surface area contributed by atoms with E-state index < -0.39 is 0 Å². The summed E-state index contributed by atoms with van der Waals surface area (Å²) in [6.07, 6.45) is 5.81. The predicted molar refractivity (Wildman–Crippen MR) is 95.2 cm³/mol. The number of nitrogens with zero attached hydrogens (tertiary/aromatic N) is 5. The summed E-state index contributed by atoms with van der Waals surface area (Å²) in [6, 6.07) is 7.62. The molecular weight excluding hydrogens is 338 g/mol. The molecule has 0 radical (unpaired) electrons. The van der Waals surface area contributed by atoms with E-state index >= 15 is 0 Å². The van der Waals surface area contributed by atoms with Crippen molar-refractivity contribution in [3.63, 3.8) is 0 Å². The minimum Gasteiger partial charge on any atom is -0.439 e. The first-order chi connectivity index (χ1) is 12.2. The van der Waals surface area contributed by atoms with Crippen LogP contribution in [-0.2, 0) is 13.6 Å². The highest BCUT2D eigenvalue weighted by atomic mass is 35.5. The van der Waals surface area contributed by atoms with Crippen LogP contribution < -0.4 is 0 Å². The molecule has 1 unspecified atom stereocenters. The zero-order chi connectivity index (χ0) is 17.2. The molecule has 130 valence electrons. The van der Waals surface area contributed by atoms with Crippen molar-refractivity contribution >= 4 is 11.6 Å². The maximum Gasteiger partial charge on any atom is 0.209 e. The quantitative estimate of drug-likeness (QED) is 0.715. The molecule has 0 amide bonds. The number of hydrogen-bond acceptors (Lipinski definition) is 5. The van der Waals surface area contributed by atoms with Crippen LogP contribution in [0, 0.1) is 0 Å². The van der Waals surface area contributed by atoms with Gasteiger partial charge in [0.25, 0.3) is 0 Å². The second-order valence-electron chi connectivity index (χ2n) is 6.50. The lowest BCUT2D eigenvalue weighted by molar-refractivity contribution is 0.179. The van der Waals surface area contributed by atoms with E-state index in [-0.39, 0.29) is 0 Å². The number of benzene rings is 1. The molecule has 1 aliphatic heterocycles. The minimum absolute atomic E-state index is 0.406. The van der Waals surface area contributed by atoms with Crippen molar-refractivity contribution in [2.45, 2.75) is 25.3 Å². The number of aromatic nitrogens is 4. The van der Waals surface area contributed by atoms with E-state index in [0.717, 1.165) is 49.0 Å². The van der Waals surface area contributed by atoms with Gasteiger partial charge in [0.15, 0.2) is 5.76 Å². The van der Waals surface area contributed by atoms with Crippen molar-refractivity contribution in [1.82, 2.24) is 24.6 Å². The Morgan fingerprint density at radius 1 is 1.36 bits per heavy atom. The zero-order valence-corrected chi connectivity index (χ0v) is 14.9. The van der Waals surface area contributed by atoms with E-state index in [1.807, 2.05) is 35.9 Å². The SMILES string of the molecule is Cn1cnnc1C1CCCN(Cc2ncc(-c3cccc(Cl)c3)o2)C1. The van der Waals surface area contributed by atoms with Crippen LogP contribution in [0.1, 0.15) is 30.5 Å². The molecular formula is C18H20ClN5O. The number of rotatable bonds is 4. The van der Waals surface area contributed by atoms with Gasteiger partial charge in [0.2, 0.25) is 5.89 Å². The molecule has 3 aromatic rings. The largest absolute Gasteiger partial charge is 0.439 e. The van der Waals surface area contributed by atoms with E-state index in [4.69, 9.17) is 16.0 Å². The maximum absolute atomic E-state index is 6.05. The predicted octanol–water partition coefficient (Wildman–Crippen LogP) is 3.50. The number of likely N-dealkylation sites (tertiary alicyclic amines) is 1. The van der Waals surface area contributed by atoms with Crippen molar-refractivity contribution in [3.05, 3.63) is 53.5 Å². The molecule has 3 heterocycles. The number of piperidine rings is 1. The summed E-state index contributed by atoms with van der Waals surface area (Å²) in [5.74, 6) is 2.94. The normalized spacial score (nSPS) is 18.6.